The molecule has 0 aliphatic heterocycles. The van der Waals surface area contributed by atoms with Crippen molar-refractivity contribution in [2.75, 3.05) is 13.6 Å². The third-order valence-electron chi connectivity index (χ3n) is 2.71. The Bertz CT molecular complexity index is 350. The van der Waals surface area contributed by atoms with E-state index in [9.17, 15) is 4.39 Å². The van der Waals surface area contributed by atoms with Gasteiger partial charge in [0.1, 0.15) is 0 Å². The first-order chi connectivity index (χ1) is 7.79. The fraction of sp³-hybridized carbons (Fsp3) is 0.538. The van der Waals surface area contributed by atoms with Gasteiger partial charge >= 0.3 is 0 Å². The van der Waals surface area contributed by atoms with E-state index in [0.29, 0.717) is 5.75 Å². The predicted molar refractivity (Wildman–Crippen MR) is 62.3 cm³/mol. The molecular formula is C13H18FNO. The number of hydrogen-bond acceptors (Lipinski definition) is 2. The minimum atomic E-state index is -0.228. The van der Waals surface area contributed by atoms with Crippen LogP contribution in [0.1, 0.15) is 24.8 Å². The van der Waals surface area contributed by atoms with Gasteiger partial charge in [-0.05, 0) is 57.0 Å². The maximum Gasteiger partial charge on any atom is 0.165 e. The van der Waals surface area contributed by atoms with Crippen molar-refractivity contribution in [3.05, 3.63) is 29.6 Å². The van der Waals surface area contributed by atoms with Crippen LogP contribution in [0.2, 0.25) is 0 Å². The van der Waals surface area contributed by atoms with E-state index in [1.807, 2.05) is 13.1 Å². The lowest BCUT2D eigenvalue weighted by molar-refractivity contribution is 0.287. The molecule has 0 radical (unpaired) electrons. The van der Waals surface area contributed by atoms with E-state index in [4.69, 9.17) is 4.74 Å². The van der Waals surface area contributed by atoms with Crippen LogP contribution in [0, 0.1) is 5.82 Å². The summed E-state index contributed by atoms with van der Waals surface area (Å²) < 4.78 is 19.1. The second-order valence-corrected chi connectivity index (χ2v) is 4.29. The van der Waals surface area contributed by atoms with Gasteiger partial charge in [-0.15, -0.1) is 0 Å². The van der Waals surface area contributed by atoms with Crippen molar-refractivity contribution in [1.82, 2.24) is 5.32 Å². The number of rotatable bonds is 6. The van der Waals surface area contributed by atoms with E-state index in [-0.39, 0.29) is 11.9 Å². The smallest absolute Gasteiger partial charge is 0.165 e. The molecule has 1 fully saturated rings. The third-order valence-corrected chi connectivity index (χ3v) is 2.71. The number of halogens is 1. The molecule has 16 heavy (non-hydrogen) atoms. The van der Waals surface area contributed by atoms with Crippen molar-refractivity contribution in [2.45, 2.75) is 31.8 Å². The van der Waals surface area contributed by atoms with Gasteiger partial charge in [0.25, 0.3) is 0 Å². The van der Waals surface area contributed by atoms with Crippen molar-refractivity contribution in [2.24, 2.45) is 0 Å². The number of hydrogen-bond donors (Lipinski definition) is 1. The van der Waals surface area contributed by atoms with Gasteiger partial charge in [-0.1, -0.05) is 6.07 Å². The highest BCUT2D eigenvalue weighted by Gasteiger charge is 2.24. The van der Waals surface area contributed by atoms with Crippen LogP contribution in [-0.4, -0.2) is 19.7 Å². The zero-order valence-corrected chi connectivity index (χ0v) is 9.63. The predicted octanol–water partition coefficient (Wildman–Crippen LogP) is 2.52. The lowest BCUT2D eigenvalue weighted by Gasteiger charge is -2.07. The summed E-state index contributed by atoms with van der Waals surface area (Å²) in [5.74, 6) is 0.175. The molecule has 0 amide bonds. The van der Waals surface area contributed by atoms with Gasteiger partial charge in [-0.25, -0.2) is 4.39 Å². The van der Waals surface area contributed by atoms with Crippen LogP contribution in [0.25, 0.3) is 0 Å². The van der Waals surface area contributed by atoms with Crippen LogP contribution in [0.5, 0.6) is 5.75 Å². The minimum Gasteiger partial charge on any atom is -0.487 e. The Kier molecular flexibility index (Phi) is 3.78. The highest BCUT2D eigenvalue weighted by Crippen LogP contribution is 2.28. The number of nitrogens with one attached hydrogen (secondary N) is 1. The van der Waals surface area contributed by atoms with Crippen LogP contribution in [0.3, 0.4) is 0 Å². The Morgan fingerprint density at radius 2 is 2.25 bits per heavy atom. The molecule has 88 valence electrons. The van der Waals surface area contributed by atoms with E-state index in [1.54, 1.807) is 12.1 Å². The summed E-state index contributed by atoms with van der Waals surface area (Å²) in [4.78, 5) is 0. The van der Waals surface area contributed by atoms with Crippen molar-refractivity contribution >= 4 is 0 Å². The molecule has 3 heteroatoms. The standard InChI is InChI=1S/C13H18FNO/c1-15-8-2-3-10-4-7-13(12(14)9-10)16-11-5-6-11/h4,7,9,11,15H,2-3,5-6,8H2,1H3. The molecule has 0 atom stereocenters. The summed E-state index contributed by atoms with van der Waals surface area (Å²) in [6.07, 6.45) is 4.30. The summed E-state index contributed by atoms with van der Waals surface area (Å²) in [6, 6.07) is 5.30. The Morgan fingerprint density at radius 3 is 2.88 bits per heavy atom. The van der Waals surface area contributed by atoms with Gasteiger partial charge in [-0.3, -0.25) is 0 Å². The molecule has 2 nitrogen and oxygen atoms in total. The highest BCUT2D eigenvalue weighted by atomic mass is 19.1. The van der Waals surface area contributed by atoms with E-state index < -0.39 is 0 Å². The van der Waals surface area contributed by atoms with Crippen LogP contribution in [0.4, 0.5) is 4.39 Å². The molecular weight excluding hydrogens is 205 g/mol. The van der Waals surface area contributed by atoms with E-state index in [2.05, 4.69) is 5.32 Å². The van der Waals surface area contributed by atoms with Gasteiger partial charge in [-0.2, -0.15) is 0 Å². The number of ether oxygens (including phenoxy) is 1. The molecule has 2 rings (SSSR count). The summed E-state index contributed by atoms with van der Waals surface area (Å²) in [7, 11) is 1.92. The van der Waals surface area contributed by atoms with Gasteiger partial charge in [0.15, 0.2) is 11.6 Å². The summed E-state index contributed by atoms with van der Waals surface area (Å²) in [6.45, 7) is 0.960. The summed E-state index contributed by atoms with van der Waals surface area (Å²) in [5, 5.41) is 3.08. The van der Waals surface area contributed by atoms with Crippen LogP contribution >= 0.6 is 0 Å². The molecule has 1 saturated carbocycles. The van der Waals surface area contributed by atoms with Gasteiger partial charge < -0.3 is 10.1 Å². The van der Waals surface area contributed by atoms with Crippen LogP contribution in [-0.2, 0) is 6.42 Å². The molecule has 1 aromatic carbocycles. The quantitative estimate of drug-likeness (QED) is 0.748. The Labute approximate surface area is 95.8 Å². The molecule has 0 saturated heterocycles. The highest BCUT2D eigenvalue weighted by molar-refractivity contribution is 5.30. The average Bonchev–Trinajstić information content (AvgIpc) is 3.06. The Balaban J connectivity index is 1.92. The van der Waals surface area contributed by atoms with E-state index in [0.717, 1.165) is 37.8 Å². The zero-order valence-electron chi connectivity index (χ0n) is 9.63. The monoisotopic (exact) mass is 223 g/mol. The summed E-state index contributed by atoms with van der Waals surface area (Å²) in [5.41, 5.74) is 1.04. The lowest BCUT2D eigenvalue weighted by Crippen LogP contribution is -2.08. The van der Waals surface area contributed by atoms with Gasteiger partial charge in [0.05, 0.1) is 6.10 Å². The second kappa shape index (κ2) is 5.30. The Morgan fingerprint density at radius 1 is 1.44 bits per heavy atom. The first-order valence-corrected chi connectivity index (χ1v) is 5.89. The molecule has 1 aliphatic carbocycles. The number of aryl methyl sites for hydroxylation is 1. The first kappa shape index (κ1) is 11.4. The molecule has 1 N–H and O–H groups in total. The Hall–Kier alpha value is -1.09. The van der Waals surface area contributed by atoms with Crippen LogP contribution in [0.15, 0.2) is 18.2 Å². The molecule has 1 aliphatic rings. The fourth-order valence-electron chi connectivity index (χ4n) is 1.63. The SMILES string of the molecule is CNCCCc1ccc(OC2CC2)c(F)c1. The molecule has 0 bridgehead atoms. The number of benzene rings is 1. The average molecular weight is 223 g/mol. The fourth-order valence-corrected chi connectivity index (χ4v) is 1.63. The van der Waals surface area contributed by atoms with Gasteiger partial charge in [0.2, 0.25) is 0 Å². The van der Waals surface area contributed by atoms with E-state index >= 15 is 0 Å². The van der Waals surface area contributed by atoms with Crippen molar-refractivity contribution in [3.8, 4) is 5.75 Å². The maximum atomic E-state index is 13.6. The second-order valence-electron chi connectivity index (χ2n) is 4.29. The maximum absolute atomic E-state index is 13.6. The minimum absolute atomic E-state index is 0.228. The summed E-state index contributed by atoms with van der Waals surface area (Å²) >= 11 is 0. The zero-order chi connectivity index (χ0) is 11.4. The molecule has 0 aromatic heterocycles. The normalized spacial score (nSPS) is 15.1. The first-order valence-electron chi connectivity index (χ1n) is 5.89. The van der Waals surface area contributed by atoms with Gasteiger partial charge in [0, 0.05) is 0 Å². The molecule has 0 spiro atoms. The van der Waals surface area contributed by atoms with Crippen molar-refractivity contribution in [1.29, 1.82) is 0 Å². The topological polar surface area (TPSA) is 21.3 Å². The van der Waals surface area contributed by atoms with E-state index in [1.165, 1.54) is 0 Å². The third kappa shape index (κ3) is 3.20. The molecule has 0 unspecified atom stereocenters. The van der Waals surface area contributed by atoms with Crippen LogP contribution < -0.4 is 10.1 Å². The molecule has 0 heterocycles. The lowest BCUT2D eigenvalue weighted by atomic mass is 10.1. The van der Waals surface area contributed by atoms with Crippen molar-refractivity contribution < 1.29 is 9.13 Å². The molecule has 1 aromatic rings. The largest absolute Gasteiger partial charge is 0.487 e. The van der Waals surface area contributed by atoms with Crippen molar-refractivity contribution in [3.63, 3.8) is 0 Å².